The number of benzene rings is 1. The molecular weight excluding hydrogens is 222 g/mol. The fourth-order valence-electron chi connectivity index (χ4n) is 1.22. The molecule has 0 amide bonds. The topological polar surface area (TPSA) is 76.0 Å². The van der Waals surface area contributed by atoms with Crippen LogP contribution in [0.25, 0.3) is 0 Å². The molecule has 0 heterocycles. The first kappa shape index (κ1) is 12.9. The molecule has 0 saturated heterocycles. The van der Waals surface area contributed by atoms with E-state index in [0.29, 0.717) is 0 Å². The lowest BCUT2D eigenvalue weighted by molar-refractivity contribution is -0.135. The van der Waals surface area contributed by atoms with Crippen LogP contribution in [0.4, 0.5) is 0 Å². The second-order valence-corrected chi connectivity index (χ2v) is 3.36. The summed E-state index contributed by atoms with van der Waals surface area (Å²) in [7, 11) is 0. The first-order valence-corrected chi connectivity index (χ1v) is 5.10. The molecule has 1 aromatic rings. The molecule has 0 radical (unpaired) electrons. The highest BCUT2D eigenvalue weighted by Gasteiger charge is 2.23. The minimum atomic E-state index is -0.930. The van der Waals surface area contributed by atoms with Gasteiger partial charge in [-0.2, -0.15) is 0 Å². The van der Waals surface area contributed by atoms with Gasteiger partial charge in [-0.1, -0.05) is 35.0 Å². The highest BCUT2D eigenvalue weighted by atomic mass is 16.5. The number of ether oxygens (including phenoxy) is 1. The van der Waals surface area contributed by atoms with Gasteiger partial charge in [0.05, 0.1) is 6.61 Å². The number of hydrogen-bond acceptors (Lipinski definition) is 5. The van der Waals surface area contributed by atoms with Crippen molar-refractivity contribution in [2.75, 3.05) is 6.61 Å². The van der Waals surface area contributed by atoms with E-state index < -0.39 is 17.5 Å². The highest BCUT2D eigenvalue weighted by molar-refractivity contribution is 6.67. The summed E-state index contributed by atoms with van der Waals surface area (Å²) in [4.78, 5) is 23.1. The van der Waals surface area contributed by atoms with Gasteiger partial charge in [0.2, 0.25) is 11.5 Å². The van der Waals surface area contributed by atoms with E-state index >= 15 is 0 Å². The number of carbonyl (C=O) groups is 2. The van der Waals surface area contributed by atoms with Crippen LogP contribution in [0.2, 0.25) is 0 Å². The van der Waals surface area contributed by atoms with Gasteiger partial charge in [0.25, 0.3) is 0 Å². The highest BCUT2D eigenvalue weighted by Crippen LogP contribution is 2.06. The Morgan fingerprint density at radius 3 is 2.35 bits per heavy atom. The normalized spacial score (nSPS) is 11.1. The number of aryl methyl sites for hydroxylation is 1. The second kappa shape index (κ2) is 5.79. The maximum atomic E-state index is 11.8. The van der Waals surface area contributed by atoms with Gasteiger partial charge in [-0.25, -0.2) is 4.79 Å². The Balaban J connectivity index is 2.95. The average Bonchev–Trinajstić information content (AvgIpc) is 2.31. The molecule has 0 unspecified atom stereocenters. The Kier molecular flexibility index (Phi) is 4.39. The van der Waals surface area contributed by atoms with Crippen LogP contribution >= 0.6 is 0 Å². The van der Waals surface area contributed by atoms with Crippen LogP contribution in [0.1, 0.15) is 22.8 Å². The summed E-state index contributed by atoms with van der Waals surface area (Å²) in [6.45, 7) is 3.59. The zero-order valence-corrected chi connectivity index (χ0v) is 9.64. The van der Waals surface area contributed by atoms with Crippen molar-refractivity contribution in [3.8, 4) is 0 Å². The molecule has 0 spiro atoms. The van der Waals surface area contributed by atoms with Crippen molar-refractivity contribution < 1.29 is 19.5 Å². The van der Waals surface area contributed by atoms with E-state index in [1.807, 2.05) is 6.92 Å². The van der Waals surface area contributed by atoms with Crippen molar-refractivity contribution in [3.63, 3.8) is 0 Å². The van der Waals surface area contributed by atoms with Gasteiger partial charge < -0.3 is 9.94 Å². The predicted octanol–water partition coefficient (Wildman–Crippen LogP) is 1.57. The molecule has 1 N–H and O–H groups in total. The third-order valence-corrected chi connectivity index (χ3v) is 2.10. The van der Waals surface area contributed by atoms with Gasteiger partial charge in [0.1, 0.15) is 0 Å². The minimum absolute atomic E-state index is 0.110. The minimum Gasteiger partial charge on any atom is -0.461 e. The van der Waals surface area contributed by atoms with E-state index in [-0.39, 0.29) is 12.2 Å². The summed E-state index contributed by atoms with van der Waals surface area (Å²) >= 11 is 0. The first-order chi connectivity index (χ1) is 8.10. The smallest absolute Gasteiger partial charge is 0.364 e. The number of nitrogens with zero attached hydrogens (tertiary/aromatic N) is 1. The average molecular weight is 235 g/mol. The second-order valence-electron chi connectivity index (χ2n) is 3.36. The third kappa shape index (κ3) is 3.14. The van der Waals surface area contributed by atoms with Crippen LogP contribution < -0.4 is 0 Å². The number of rotatable bonds is 4. The summed E-state index contributed by atoms with van der Waals surface area (Å²) in [5, 5.41) is 11.4. The van der Waals surface area contributed by atoms with Crippen molar-refractivity contribution in [2.45, 2.75) is 13.8 Å². The molecule has 0 aliphatic rings. The number of carbonyl (C=O) groups excluding carboxylic acids is 2. The molecule has 5 nitrogen and oxygen atoms in total. The summed E-state index contributed by atoms with van der Waals surface area (Å²) in [5.41, 5.74) is 0.646. The van der Waals surface area contributed by atoms with E-state index in [4.69, 9.17) is 5.21 Å². The molecule has 0 saturated carbocycles. The fraction of sp³-hybridized carbons (Fsp3) is 0.250. The lowest BCUT2D eigenvalue weighted by Gasteiger charge is -2.03. The van der Waals surface area contributed by atoms with Gasteiger partial charge in [0.15, 0.2) is 0 Å². The Hall–Kier alpha value is -2.17. The number of hydrogen-bond donors (Lipinski definition) is 1. The van der Waals surface area contributed by atoms with E-state index in [9.17, 15) is 9.59 Å². The van der Waals surface area contributed by atoms with Gasteiger partial charge >= 0.3 is 5.97 Å². The van der Waals surface area contributed by atoms with Crippen molar-refractivity contribution in [2.24, 2.45) is 5.16 Å². The van der Waals surface area contributed by atoms with E-state index in [1.165, 1.54) is 0 Å². The maximum absolute atomic E-state index is 11.8. The number of Topliss-reactive ketones (excluding diaryl/α,β-unsaturated/α-hetero) is 1. The lowest BCUT2D eigenvalue weighted by Crippen LogP contribution is -2.26. The summed E-state index contributed by atoms with van der Waals surface area (Å²) in [5.74, 6) is -1.59. The van der Waals surface area contributed by atoms with Gasteiger partial charge in [0, 0.05) is 5.56 Å². The van der Waals surface area contributed by atoms with Crippen molar-refractivity contribution in [3.05, 3.63) is 35.4 Å². The number of ketones is 1. The Labute approximate surface area is 98.7 Å². The van der Waals surface area contributed by atoms with Gasteiger partial charge in [-0.15, -0.1) is 0 Å². The van der Waals surface area contributed by atoms with Crippen LogP contribution in [0.3, 0.4) is 0 Å². The Morgan fingerprint density at radius 2 is 1.88 bits per heavy atom. The lowest BCUT2D eigenvalue weighted by atomic mass is 10.1. The van der Waals surface area contributed by atoms with Crippen molar-refractivity contribution >= 4 is 17.5 Å². The molecule has 1 aromatic carbocycles. The van der Waals surface area contributed by atoms with Crippen LogP contribution in [-0.2, 0) is 9.53 Å². The van der Waals surface area contributed by atoms with Crippen LogP contribution in [-0.4, -0.2) is 29.3 Å². The van der Waals surface area contributed by atoms with E-state index in [1.54, 1.807) is 31.2 Å². The molecular formula is C12H13NO4. The Morgan fingerprint density at radius 1 is 1.29 bits per heavy atom. The quantitative estimate of drug-likeness (QED) is 0.215. The summed E-state index contributed by atoms with van der Waals surface area (Å²) in [6, 6.07) is 6.57. The zero-order chi connectivity index (χ0) is 12.8. The van der Waals surface area contributed by atoms with Crippen LogP contribution in [0.5, 0.6) is 0 Å². The van der Waals surface area contributed by atoms with Gasteiger partial charge in [-0.05, 0) is 13.8 Å². The number of esters is 1. The van der Waals surface area contributed by atoms with E-state index in [2.05, 4.69) is 9.89 Å². The third-order valence-electron chi connectivity index (χ3n) is 2.10. The maximum Gasteiger partial charge on any atom is 0.364 e. The number of oxime groups is 1. The monoisotopic (exact) mass is 235 g/mol. The fourth-order valence-corrected chi connectivity index (χ4v) is 1.22. The van der Waals surface area contributed by atoms with Crippen molar-refractivity contribution in [1.82, 2.24) is 0 Å². The molecule has 90 valence electrons. The van der Waals surface area contributed by atoms with Crippen LogP contribution in [0, 0.1) is 6.92 Å². The molecule has 0 aliphatic carbocycles. The molecule has 0 aliphatic heterocycles. The standard InChI is InChI=1S/C12H13NO4/c1-3-17-12(15)10(13-16)11(14)9-6-4-8(2)5-7-9/h4-7,16H,3H2,1-2H3/b13-10+. The van der Waals surface area contributed by atoms with Gasteiger partial charge in [-0.3, -0.25) is 4.79 Å². The van der Waals surface area contributed by atoms with E-state index in [0.717, 1.165) is 5.56 Å². The molecule has 1 rings (SSSR count). The summed E-state index contributed by atoms with van der Waals surface area (Å²) < 4.78 is 4.61. The molecule has 0 bridgehead atoms. The molecule has 5 heteroatoms. The SMILES string of the molecule is CCOC(=O)/C(=N/O)C(=O)c1ccc(C)cc1. The summed E-state index contributed by atoms with van der Waals surface area (Å²) in [6.07, 6.45) is 0. The molecule has 0 atom stereocenters. The van der Waals surface area contributed by atoms with Crippen LogP contribution in [0.15, 0.2) is 29.4 Å². The first-order valence-electron chi connectivity index (χ1n) is 5.10. The molecule has 17 heavy (non-hydrogen) atoms. The predicted molar refractivity (Wildman–Crippen MR) is 61.4 cm³/mol. The molecule has 0 fully saturated rings. The Bertz CT molecular complexity index is 448. The van der Waals surface area contributed by atoms with Crippen molar-refractivity contribution in [1.29, 1.82) is 0 Å². The zero-order valence-electron chi connectivity index (χ0n) is 9.64. The molecule has 0 aromatic heterocycles. The largest absolute Gasteiger partial charge is 0.461 e.